The first kappa shape index (κ1) is 18.9. The minimum Gasteiger partial charge on any atom is -0.331 e. The van der Waals surface area contributed by atoms with Crippen LogP contribution in [-0.2, 0) is 11.3 Å². The number of likely N-dealkylation sites (tertiary alicyclic amines) is 1. The van der Waals surface area contributed by atoms with Gasteiger partial charge < -0.3 is 4.90 Å². The van der Waals surface area contributed by atoms with E-state index in [9.17, 15) is 4.79 Å². The Morgan fingerprint density at radius 2 is 1.62 bits per heavy atom. The summed E-state index contributed by atoms with van der Waals surface area (Å²) < 4.78 is 0. The molecule has 136 valence electrons. The average molecular weight is 391 g/mol. The molecule has 0 radical (unpaired) electrons. The molecule has 4 nitrogen and oxygen atoms in total. The van der Waals surface area contributed by atoms with Crippen LogP contribution in [0.4, 0.5) is 0 Å². The minimum absolute atomic E-state index is 0.000700. The Morgan fingerprint density at radius 1 is 1.04 bits per heavy atom. The first-order chi connectivity index (χ1) is 12.6. The fourth-order valence-corrected chi connectivity index (χ4v) is 3.42. The third-order valence-corrected chi connectivity index (χ3v) is 5.19. The molecule has 2 aromatic carbocycles. The average Bonchev–Trinajstić information content (AvgIpc) is 2.66. The Hall–Kier alpha value is -1.88. The number of piperidine rings is 1. The second-order valence-corrected chi connectivity index (χ2v) is 7.49. The molecule has 1 saturated heterocycles. The van der Waals surface area contributed by atoms with Gasteiger partial charge >= 0.3 is 0 Å². The number of nitrogens with zero attached hydrogens (tertiary/aromatic N) is 1. The Balaban J connectivity index is 1.43. The van der Waals surface area contributed by atoms with Crippen molar-refractivity contribution in [1.82, 2.24) is 5.43 Å². The number of carbonyl (C=O) groups is 1. The van der Waals surface area contributed by atoms with E-state index in [0.717, 1.165) is 43.1 Å². The van der Waals surface area contributed by atoms with Gasteiger partial charge in [-0.05, 0) is 29.8 Å². The topological polar surface area (TPSA) is 45.9 Å². The smallest absolute Gasteiger partial charge is 0.243 e. The molecule has 2 aromatic rings. The summed E-state index contributed by atoms with van der Waals surface area (Å²) in [5.41, 5.74) is 4.84. The second kappa shape index (κ2) is 9.17. The number of halogens is 2. The monoisotopic (exact) mass is 390 g/mol. The van der Waals surface area contributed by atoms with Gasteiger partial charge in [0.05, 0.1) is 25.2 Å². The Labute approximate surface area is 163 Å². The summed E-state index contributed by atoms with van der Waals surface area (Å²) in [4.78, 5) is 13.8. The third-order valence-electron chi connectivity index (χ3n) is 4.69. The summed E-state index contributed by atoms with van der Waals surface area (Å²) in [7, 11) is 0. The van der Waals surface area contributed by atoms with Crippen LogP contribution in [0.15, 0.2) is 53.6 Å². The number of nitrogens with one attached hydrogen (secondary N) is 2. The molecular formula is C20H22Cl2N3O+. The molecule has 6 heteroatoms. The van der Waals surface area contributed by atoms with E-state index >= 15 is 0 Å². The van der Waals surface area contributed by atoms with Gasteiger partial charge in [0, 0.05) is 28.5 Å². The standard InChI is InChI=1S/C20H21Cl2N3O/c21-18-5-1-15(2-6-18)13-23-24-20(26)17-9-11-25(12-10-17)14-16-3-7-19(22)8-4-16/h1-8,13,17H,9-12,14H2,(H,24,26)/p+1/b23-13-. The highest BCUT2D eigenvalue weighted by molar-refractivity contribution is 6.30. The molecule has 1 amide bonds. The maximum atomic E-state index is 12.3. The molecule has 1 heterocycles. The fraction of sp³-hybridized carbons (Fsp3) is 0.300. The molecule has 26 heavy (non-hydrogen) atoms. The summed E-state index contributed by atoms with van der Waals surface area (Å²) in [5, 5.41) is 5.50. The van der Waals surface area contributed by atoms with Gasteiger partial charge in [-0.1, -0.05) is 47.5 Å². The molecule has 0 aromatic heterocycles. The van der Waals surface area contributed by atoms with Crippen molar-refractivity contribution in [2.45, 2.75) is 19.4 Å². The van der Waals surface area contributed by atoms with Crippen molar-refractivity contribution >= 4 is 35.3 Å². The zero-order valence-electron chi connectivity index (χ0n) is 14.4. The normalized spacial score (nSPS) is 20.2. The van der Waals surface area contributed by atoms with Gasteiger partial charge in [-0.25, -0.2) is 5.43 Å². The maximum Gasteiger partial charge on any atom is 0.243 e. The summed E-state index contributed by atoms with van der Waals surface area (Å²) in [6, 6.07) is 15.3. The van der Waals surface area contributed by atoms with Crippen molar-refractivity contribution in [1.29, 1.82) is 0 Å². The van der Waals surface area contributed by atoms with Crippen molar-refractivity contribution in [2.24, 2.45) is 11.0 Å². The summed E-state index contributed by atoms with van der Waals surface area (Å²) in [5.74, 6) is 0.0343. The SMILES string of the molecule is O=C(N/N=C\c1ccc(Cl)cc1)C1CC[NH+](Cc2ccc(Cl)cc2)CC1. The van der Waals surface area contributed by atoms with Gasteiger partial charge in [-0.3, -0.25) is 4.79 Å². The zero-order valence-corrected chi connectivity index (χ0v) is 15.9. The second-order valence-electron chi connectivity index (χ2n) is 6.61. The largest absolute Gasteiger partial charge is 0.331 e. The van der Waals surface area contributed by atoms with Crippen molar-refractivity contribution in [3.05, 3.63) is 69.7 Å². The Kier molecular flexibility index (Phi) is 6.67. The first-order valence-electron chi connectivity index (χ1n) is 8.76. The van der Waals surface area contributed by atoms with E-state index in [0.29, 0.717) is 5.02 Å². The van der Waals surface area contributed by atoms with Crippen LogP contribution >= 0.6 is 23.2 Å². The highest BCUT2D eigenvalue weighted by Gasteiger charge is 2.27. The van der Waals surface area contributed by atoms with Crippen molar-refractivity contribution in [3.63, 3.8) is 0 Å². The minimum atomic E-state index is 0.000700. The fourth-order valence-electron chi connectivity index (χ4n) is 3.17. The Bertz CT molecular complexity index is 752. The lowest BCUT2D eigenvalue weighted by Crippen LogP contribution is -3.11. The van der Waals surface area contributed by atoms with Crippen LogP contribution in [0, 0.1) is 5.92 Å². The molecule has 0 bridgehead atoms. The van der Waals surface area contributed by atoms with Gasteiger partial charge in [-0.15, -0.1) is 0 Å². The number of benzene rings is 2. The first-order valence-corrected chi connectivity index (χ1v) is 9.52. The van der Waals surface area contributed by atoms with E-state index in [1.54, 1.807) is 18.3 Å². The highest BCUT2D eigenvalue weighted by atomic mass is 35.5. The number of hydrazone groups is 1. The quantitative estimate of drug-likeness (QED) is 0.598. The summed E-state index contributed by atoms with van der Waals surface area (Å²) in [6.07, 6.45) is 3.39. The predicted octanol–water partition coefficient (Wildman–Crippen LogP) is 2.94. The lowest BCUT2D eigenvalue weighted by atomic mass is 9.96. The zero-order chi connectivity index (χ0) is 18.4. The van der Waals surface area contributed by atoms with Gasteiger partial charge in [0.25, 0.3) is 0 Å². The highest BCUT2D eigenvalue weighted by Crippen LogP contribution is 2.12. The molecule has 2 N–H and O–H groups in total. The van der Waals surface area contributed by atoms with Gasteiger partial charge in [-0.2, -0.15) is 5.10 Å². The number of amides is 1. The summed E-state index contributed by atoms with van der Waals surface area (Å²) in [6.45, 7) is 2.95. The lowest BCUT2D eigenvalue weighted by Gasteiger charge is -2.28. The van der Waals surface area contributed by atoms with Crippen molar-refractivity contribution < 1.29 is 9.69 Å². The molecule has 1 aliphatic heterocycles. The van der Waals surface area contributed by atoms with Crippen LogP contribution in [0.1, 0.15) is 24.0 Å². The number of hydrogen-bond acceptors (Lipinski definition) is 2. The van der Waals surface area contributed by atoms with Gasteiger partial charge in [0.2, 0.25) is 5.91 Å². The number of quaternary nitrogens is 1. The third kappa shape index (κ3) is 5.56. The Morgan fingerprint density at radius 3 is 2.23 bits per heavy atom. The molecule has 0 atom stereocenters. The molecular weight excluding hydrogens is 369 g/mol. The van der Waals surface area contributed by atoms with Crippen molar-refractivity contribution in [3.8, 4) is 0 Å². The van der Waals surface area contributed by atoms with Crippen LogP contribution in [-0.4, -0.2) is 25.2 Å². The van der Waals surface area contributed by atoms with E-state index in [2.05, 4.69) is 22.7 Å². The van der Waals surface area contributed by atoms with E-state index in [1.165, 1.54) is 10.5 Å². The molecule has 0 spiro atoms. The van der Waals surface area contributed by atoms with Crippen LogP contribution in [0.2, 0.25) is 10.0 Å². The summed E-state index contributed by atoms with van der Waals surface area (Å²) >= 11 is 11.8. The molecule has 0 saturated carbocycles. The maximum absolute atomic E-state index is 12.3. The van der Waals surface area contributed by atoms with E-state index in [1.807, 2.05) is 24.3 Å². The van der Waals surface area contributed by atoms with E-state index in [4.69, 9.17) is 23.2 Å². The molecule has 1 aliphatic rings. The van der Waals surface area contributed by atoms with Crippen LogP contribution in [0.25, 0.3) is 0 Å². The van der Waals surface area contributed by atoms with Crippen molar-refractivity contribution in [2.75, 3.05) is 13.1 Å². The van der Waals surface area contributed by atoms with E-state index in [-0.39, 0.29) is 11.8 Å². The molecule has 0 aliphatic carbocycles. The van der Waals surface area contributed by atoms with Crippen LogP contribution in [0.3, 0.4) is 0 Å². The number of hydrogen-bond donors (Lipinski definition) is 2. The lowest BCUT2D eigenvalue weighted by molar-refractivity contribution is -0.919. The van der Waals surface area contributed by atoms with E-state index < -0.39 is 0 Å². The number of carbonyl (C=O) groups excluding carboxylic acids is 1. The molecule has 0 unspecified atom stereocenters. The van der Waals surface area contributed by atoms with Crippen LogP contribution < -0.4 is 10.3 Å². The van der Waals surface area contributed by atoms with Gasteiger partial charge in [0.1, 0.15) is 6.54 Å². The molecule has 1 fully saturated rings. The number of rotatable bonds is 5. The van der Waals surface area contributed by atoms with Gasteiger partial charge in [0.15, 0.2) is 0 Å². The van der Waals surface area contributed by atoms with Crippen LogP contribution in [0.5, 0.6) is 0 Å². The molecule has 3 rings (SSSR count). The predicted molar refractivity (Wildman–Crippen MR) is 106 cm³/mol.